The number of alkyl halides is 3. The lowest BCUT2D eigenvalue weighted by molar-refractivity contribution is -0.146. The summed E-state index contributed by atoms with van der Waals surface area (Å²) in [4.78, 5) is 10.9. The molecule has 9 heteroatoms. The quantitative estimate of drug-likeness (QED) is 0.529. The van der Waals surface area contributed by atoms with Gasteiger partial charge in [0.1, 0.15) is 0 Å². The van der Waals surface area contributed by atoms with Crippen molar-refractivity contribution in [3.05, 3.63) is 0 Å². The predicted molar refractivity (Wildman–Crippen MR) is 47.8 cm³/mol. The molecule has 0 heterocycles. The van der Waals surface area contributed by atoms with E-state index in [0.717, 1.165) is 0 Å². The van der Waals surface area contributed by atoms with Gasteiger partial charge in [-0.1, -0.05) is 0 Å². The molecule has 0 N–H and O–H groups in total. The van der Waals surface area contributed by atoms with Gasteiger partial charge >= 0.3 is 11.2 Å². The number of esters is 1. The maximum absolute atomic E-state index is 12.8. The molecule has 1 fully saturated rings. The minimum absolute atomic E-state index is 0.267. The molecule has 1 saturated carbocycles. The number of halogens is 3. The molecule has 17 heavy (non-hydrogen) atoms. The Morgan fingerprint density at radius 1 is 1.47 bits per heavy atom. The van der Waals surface area contributed by atoms with E-state index in [4.69, 9.17) is 0 Å². The van der Waals surface area contributed by atoms with Crippen molar-refractivity contribution >= 4 is 16.1 Å². The van der Waals surface area contributed by atoms with Gasteiger partial charge in [-0.2, -0.15) is 8.78 Å². The van der Waals surface area contributed by atoms with E-state index in [-0.39, 0.29) is 5.92 Å². The normalized spacial score (nSPS) is 18.8. The van der Waals surface area contributed by atoms with Crippen molar-refractivity contribution in [1.29, 1.82) is 0 Å². The van der Waals surface area contributed by atoms with Crippen LogP contribution in [0.15, 0.2) is 0 Å². The van der Waals surface area contributed by atoms with Crippen LogP contribution >= 0.6 is 0 Å². The molecule has 0 aromatic rings. The van der Waals surface area contributed by atoms with Crippen molar-refractivity contribution in [2.45, 2.75) is 30.7 Å². The van der Waals surface area contributed by atoms with Crippen molar-refractivity contribution in [3.63, 3.8) is 0 Å². The first kappa shape index (κ1) is 14.2. The number of hydrogen-bond acceptors (Lipinski definition) is 5. The monoisotopic (exact) mass is 275 g/mol. The molecule has 1 aliphatic rings. The van der Waals surface area contributed by atoms with Crippen LogP contribution in [0.4, 0.5) is 13.2 Å². The average molecular weight is 275 g/mol. The number of rotatable bonds is 6. The van der Waals surface area contributed by atoms with Gasteiger partial charge in [0.15, 0.2) is 16.3 Å². The Labute approximate surface area is 95.7 Å². The van der Waals surface area contributed by atoms with Crippen molar-refractivity contribution in [2.75, 3.05) is 6.61 Å². The van der Waals surface area contributed by atoms with Gasteiger partial charge < -0.3 is 9.29 Å². The standard InChI is InChI=1S/C8H11F3O5S/c9-6(8(10,11)17(13,14)15)3-4-16-7(12)5-1-2-5/h5-6H,1-4H2,(H,13,14,15)/p-1. The van der Waals surface area contributed by atoms with Crippen LogP contribution in [0, 0.1) is 5.92 Å². The van der Waals surface area contributed by atoms with Gasteiger partial charge in [-0.25, -0.2) is 12.8 Å². The molecule has 0 aromatic carbocycles. The molecule has 0 saturated heterocycles. The Bertz CT molecular complexity index is 390. The Hall–Kier alpha value is -0.830. The second-order valence-electron chi connectivity index (χ2n) is 3.71. The van der Waals surface area contributed by atoms with Crippen molar-refractivity contribution < 1.29 is 35.7 Å². The average Bonchev–Trinajstić information content (AvgIpc) is 2.98. The highest BCUT2D eigenvalue weighted by atomic mass is 32.2. The maximum atomic E-state index is 12.8. The number of carbonyl (C=O) groups excluding carboxylic acids is 1. The molecule has 0 aromatic heterocycles. The zero-order valence-corrected chi connectivity index (χ0v) is 9.38. The second kappa shape index (κ2) is 4.81. The van der Waals surface area contributed by atoms with E-state index in [1.807, 2.05) is 0 Å². The first-order chi connectivity index (χ1) is 7.66. The lowest BCUT2D eigenvalue weighted by Gasteiger charge is -2.23. The predicted octanol–water partition coefficient (Wildman–Crippen LogP) is 0.806. The Balaban J connectivity index is 2.38. The van der Waals surface area contributed by atoms with Gasteiger partial charge in [0.2, 0.25) is 0 Å². The molecule has 0 radical (unpaired) electrons. The topological polar surface area (TPSA) is 83.5 Å². The number of ether oxygens (including phenoxy) is 1. The highest BCUT2D eigenvalue weighted by Gasteiger charge is 2.47. The number of hydrogen-bond donors (Lipinski definition) is 0. The van der Waals surface area contributed by atoms with Crippen molar-refractivity contribution in [1.82, 2.24) is 0 Å². The fourth-order valence-electron chi connectivity index (χ4n) is 1.02. The third kappa shape index (κ3) is 3.56. The Morgan fingerprint density at radius 3 is 2.41 bits per heavy atom. The first-order valence-corrected chi connectivity index (χ1v) is 6.21. The van der Waals surface area contributed by atoms with Gasteiger partial charge in [-0.05, 0) is 12.8 Å². The first-order valence-electron chi connectivity index (χ1n) is 4.80. The highest BCUT2D eigenvalue weighted by Crippen LogP contribution is 2.31. The van der Waals surface area contributed by atoms with Crippen molar-refractivity contribution in [3.8, 4) is 0 Å². The summed E-state index contributed by atoms with van der Waals surface area (Å²) in [5.74, 6) is -0.887. The molecular weight excluding hydrogens is 265 g/mol. The van der Waals surface area contributed by atoms with Crippen LogP contribution in [0.2, 0.25) is 0 Å². The van der Waals surface area contributed by atoms with E-state index in [1.165, 1.54) is 0 Å². The summed E-state index contributed by atoms with van der Waals surface area (Å²) >= 11 is 0. The van der Waals surface area contributed by atoms with E-state index >= 15 is 0 Å². The molecule has 1 rings (SSSR count). The zero-order valence-electron chi connectivity index (χ0n) is 8.57. The summed E-state index contributed by atoms with van der Waals surface area (Å²) in [6.07, 6.45) is -2.93. The largest absolute Gasteiger partial charge is 0.743 e. The minimum atomic E-state index is -6.06. The summed E-state index contributed by atoms with van der Waals surface area (Å²) in [6, 6.07) is 0. The SMILES string of the molecule is O=C(OCCC(F)C(F)(F)S(=O)(=O)[O-])C1CC1. The molecule has 0 amide bonds. The van der Waals surface area contributed by atoms with E-state index in [0.29, 0.717) is 12.8 Å². The van der Waals surface area contributed by atoms with Crippen LogP contribution in [-0.4, -0.2) is 37.0 Å². The highest BCUT2D eigenvalue weighted by molar-refractivity contribution is 7.86. The summed E-state index contributed by atoms with van der Waals surface area (Å²) in [7, 11) is -6.06. The smallest absolute Gasteiger partial charge is 0.364 e. The van der Waals surface area contributed by atoms with E-state index in [2.05, 4.69) is 4.74 Å². The van der Waals surface area contributed by atoms with Gasteiger partial charge in [-0.3, -0.25) is 4.79 Å². The van der Waals surface area contributed by atoms with Gasteiger partial charge in [0.05, 0.1) is 12.5 Å². The Kier molecular flexibility index (Phi) is 4.03. The van der Waals surface area contributed by atoms with E-state index in [1.54, 1.807) is 0 Å². The molecule has 1 unspecified atom stereocenters. The summed E-state index contributed by atoms with van der Waals surface area (Å²) in [5.41, 5.74) is 0. The zero-order chi connectivity index (χ0) is 13.3. The lowest BCUT2D eigenvalue weighted by Crippen LogP contribution is -2.39. The lowest BCUT2D eigenvalue weighted by atomic mass is 10.3. The van der Waals surface area contributed by atoms with Crippen LogP contribution < -0.4 is 0 Å². The second-order valence-corrected chi connectivity index (χ2v) is 5.17. The molecule has 0 bridgehead atoms. The maximum Gasteiger partial charge on any atom is 0.364 e. The molecule has 0 aliphatic heterocycles. The summed E-state index contributed by atoms with van der Waals surface area (Å²) in [5, 5.41) is -5.00. The minimum Gasteiger partial charge on any atom is -0.743 e. The van der Waals surface area contributed by atoms with Crippen LogP contribution in [0.3, 0.4) is 0 Å². The fraction of sp³-hybridized carbons (Fsp3) is 0.875. The molecule has 100 valence electrons. The fourth-order valence-corrected chi connectivity index (χ4v) is 1.46. The van der Waals surface area contributed by atoms with Crippen LogP contribution in [0.25, 0.3) is 0 Å². The van der Waals surface area contributed by atoms with Gasteiger partial charge in [0, 0.05) is 6.42 Å². The summed E-state index contributed by atoms with van der Waals surface area (Å²) < 4.78 is 72.6. The van der Waals surface area contributed by atoms with Crippen LogP contribution in [-0.2, 0) is 19.6 Å². The van der Waals surface area contributed by atoms with E-state index < -0.39 is 40.5 Å². The molecule has 0 spiro atoms. The molecule has 1 aliphatic carbocycles. The van der Waals surface area contributed by atoms with Crippen molar-refractivity contribution in [2.24, 2.45) is 5.92 Å². The van der Waals surface area contributed by atoms with E-state index in [9.17, 15) is 30.9 Å². The molecular formula is C8H10F3O5S-. The van der Waals surface area contributed by atoms with Gasteiger partial charge in [0.25, 0.3) is 0 Å². The third-order valence-electron chi connectivity index (χ3n) is 2.22. The van der Waals surface area contributed by atoms with Gasteiger partial charge in [-0.15, -0.1) is 0 Å². The summed E-state index contributed by atoms with van der Waals surface area (Å²) in [6.45, 7) is -0.679. The molecule has 5 nitrogen and oxygen atoms in total. The number of carbonyl (C=O) groups is 1. The van der Waals surface area contributed by atoms with Crippen LogP contribution in [0.5, 0.6) is 0 Å². The molecule has 1 atom stereocenters. The van der Waals surface area contributed by atoms with Crippen LogP contribution in [0.1, 0.15) is 19.3 Å². The third-order valence-corrected chi connectivity index (χ3v) is 3.15. The Morgan fingerprint density at radius 2 is 2.00 bits per heavy atom.